The smallest absolute Gasteiger partial charge is 0.269 e. The third-order valence-electron chi connectivity index (χ3n) is 4.87. The van der Waals surface area contributed by atoms with E-state index in [9.17, 15) is 16.8 Å². The first kappa shape index (κ1) is 22.5. The molecule has 32 heavy (non-hydrogen) atoms. The van der Waals surface area contributed by atoms with Crippen LogP contribution in [0, 0.1) is 0 Å². The van der Waals surface area contributed by atoms with Crippen molar-refractivity contribution in [3.05, 3.63) is 88.9 Å². The van der Waals surface area contributed by atoms with Gasteiger partial charge < -0.3 is 4.74 Å². The number of methoxy groups -OCH3 is 1. The molecule has 0 unspecified atom stereocenters. The Balaban J connectivity index is 1.81. The number of nitrogens with one attached hydrogen (secondary N) is 1. The lowest BCUT2D eigenvalue weighted by molar-refractivity contribution is 0.414. The number of nitrogens with zero attached hydrogens (tertiary/aromatic N) is 1. The highest BCUT2D eigenvalue weighted by Crippen LogP contribution is 2.30. The Kier molecular flexibility index (Phi) is 6.13. The van der Waals surface area contributed by atoms with E-state index in [-0.39, 0.29) is 22.0 Å². The zero-order valence-electron chi connectivity index (χ0n) is 16.9. The first-order valence-corrected chi connectivity index (χ1v) is 13.2. The van der Waals surface area contributed by atoms with Crippen LogP contribution in [0.2, 0.25) is 0 Å². The summed E-state index contributed by atoms with van der Waals surface area (Å²) in [6.07, 6.45) is 0. The Labute approximate surface area is 194 Å². The quantitative estimate of drug-likeness (QED) is 0.384. The van der Waals surface area contributed by atoms with Crippen LogP contribution >= 0.6 is 15.9 Å². The summed E-state index contributed by atoms with van der Waals surface area (Å²) in [7, 11) is -6.81. The highest BCUT2D eigenvalue weighted by atomic mass is 79.9. The third kappa shape index (κ3) is 4.31. The molecule has 0 aliphatic carbocycles. The van der Waals surface area contributed by atoms with Gasteiger partial charge >= 0.3 is 0 Å². The van der Waals surface area contributed by atoms with Crippen LogP contribution in [-0.4, -0.2) is 27.9 Å². The standard InChI is InChI=1S/C22H19BrN2O5S2/c1-30-19-10-7-16(8-11-19)15-24-31(26,27)22-14-17-13-18(23)9-12-21(17)25(22)32(28,29)20-5-3-2-4-6-20/h2-14,24H,15H2,1H3. The highest BCUT2D eigenvalue weighted by molar-refractivity contribution is 9.10. The van der Waals surface area contributed by atoms with E-state index in [4.69, 9.17) is 4.74 Å². The van der Waals surface area contributed by atoms with Crippen molar-refractivity contribution in [1.29, 1.82) is 0 Å². The van der Waals surface area contributed by atoms with Crippen molar-refractivity contribution in [3.63, 3.8) is 0 Å². The van der Waals surface area contributed by atoms with Gasteiger partial charge in [-0.25, -0.2) is 25.5 Å². The van der Waals surface area contributed by atoms with Crippen LogP contribution in [0.3, 0.4) is 0 Å². The number of ether oxygens (including phenoxy) is 1. The van der Waals surface area contributed by atoms with Gasteiger partial charge in [-0.2, -0.15) is 0 Å². The number of aromatic nitrogens is 1. The Bertz CT molecular complexity index is 1480. The monoisotopic (exact) mass is 534 g/mol. The van der Waals surface area contributed by atoms with E-state index in [0.29, 0.717) is 21.2 Å². The molecule has 10 heteroatoms. The average molecular weight is 535 g/mol. The minimum Gasteiger partial charge on any atom is -0.497 e. The van der Waals surface area contributed by atoms with E-state index in [2.05, 4.69) is 20.7 Å². The lowest BCUT2D eigenvalue weighted by Gasteiger charge is -2.13. The van der Waals surface area contributed by atoms with Crippen molar-refractivity contribution in [1.82, 2.24) is 8.69 Å². The van der Waals surface area contributed by atoms with Crippen LogP contribution in [0.15, 0.2) is 93.3 Å². The van der Waals surface area contributed by atoms with Crippen molar-refractivity contribution in [3.8, 4) is 5.75 Å². The molecule has 0 atom stereocenters. The summed E-state index contributed by atoms with van der Waals surface area (Å²) in [6, 6.07) is 20.9. The summed E-state index contributed by atoms with van der Waals surface area (Å²) < 4.78 is 62.6. The molecule has 0 amide bonds. The molecule has 0 aliphatic rings. The number of sulfonamides is 1. The molecule has 3 aromatic carbocycles. The molecular weight excluding hydrogens is 516 g/mol. The number of benzene rings is 3. The number of halogens is 1. The summed E-state index contributed by atoms with van der Waals surface area (Å²) in [4.78, 5) is -0.00739. The molecule has 0 saturated heterocycles. The van der Waals surface area contributed by atoms with Gasteiger partial charge in [-0.05, 0) is 54.1 Å². The number of hydrogen-bond acceptors (Lipinski definition) is 5. The van der Waals surface area contributed by atoms with Crippen LogP contribution in [0.4, 0.5) is 0 Å². The maximum absolute atomic E-state index is 13.5. The van der Waals surface area contributed by atoms with Gasteiger partial charge in [-0.15, -0.1) is 0 Å². The molecule has 0 bridgehead atoms. The van der Waals surface area contributed by atoms with E-state index in [1.54, 1.807) is 67.8 Å². The topological polar surface area (TPSA) is 94.5 Å². The lowest BCUT2D eigenvalue weighted by Crippen LogP contribution is -2.27. The van der Waals surface area contributed by atoms with E-state index in [1.807, 2.05) is 0 Å². The third-order valence-corrected chi connectivity index (χ3v) is 8.60. The van der Waals surface area contributed by atoms with Crippen LogP contribution in [0.5, 0.6) is 5.75 Å². The molecular formula is C22H19BrN2O5S2. The van der Waals surface area contributed by atoms with Crippen LogP contribution < -0.4 is 9.46 Å². The number of fused-ring (bicyclic) bond motifs is 1. The normalized spacial score (nSPS) is 12.2. The van der Waals surface area contributed by atoms with Crippen molar-refractivity contribution in [2.24, 2.45) is 0 Å². The molecule has 0 fully saturated rings. The van der Waals surface area contributed by atoms with E-state index >= 15 is 0 Å². The van der Waals surface area contributed by atoms with E-state index in [0.717, 1.165) is 3.97 Å². The molecule has 1 N–H and O–H groups in total. The van der Waals surface area contributed by atoms with Crippen molar-refractivity contribution in [2.75, 3.05) is 7.11 Å². The molecule has 0 spiro atoms. The fourth-order valence-corrected chi connectivity index (χ4v) is 6.76. The van der Waals surface area contributed by atoms with Crippen molar-refractivity contribution >= 4 is 46.9 Å². The van der Waals surface area contributed by atoms with Crippen LogP contribution in [0.25, 0.3) is 10.9 Å². The second-order valence-electron chi connectivity index (χ2n) is 6.94. The molecule has 0 radical (unpaired) electrons. The van der Waals surface area contributed by atoms with Gasteiger partial charge in [0.15, 0.2) is 5.03 Å². The molecule has 0 saturated carbocycles. The van der Waals surface area contributed by atoms with Crippen molar-refractivity contribution in [2.45, 2.75) is 16.5 Å². The van der Waals surface area contributed by atoms with Crippen molar-refractivity contribution < 1.29 is 21.6 Å². The fourth-order valence-electron chi connectivity index (χ4n) is 3.26. The molecule has 1 aromatic heterocycles. The highest BCUT2D eigenvalue weighted by Gasteiger charge is 2.29. The Hall–Kier alpha value is -2.66. The molecule has 166 valence electrons. The van der Waals surface area contributed by atoms with E-state index < -0.39 is 20.0 Å². The lowest BCUT2D eigenvalue weighted by atomic mass is 10.2. The maximum atomic E-state index is 13.5. The molecule has 4 aromatic rings. The minimum atomic E-state index is -4.18. The van der Waals surface area contributed by atoms with Gasteiger partial charge in [-0.3, -0.25) is 0 Å². The Morgan fingerprint density at radius 3 is 2.25 bits per heavy atom. The summed E-state index contributed by atoms with van der Waals surface area (Å²) >= 11 is 3.35. The largest absolute Gasteiger partial charge is 0.497 e. The van der Waals surface area contributed by atoms with Crippen LogP contribution in [0.1, 0.15) is 5.56 Å². The zero-order chi connectivity index (χ0) is 22.9. The Morgan fingerprint density at radius 2 is 1.59 bits per heavy atom. The molecule has 0 aliphatic heterocycles. The molecule has 4 rings (SSSR count). The predicted molar refractivity (Wildman–Crippen MR) is 126 cm³/mol. The second-order valence-corrected chi connectivity index (χ2v) is 11.4. The summed E-state index contributed by atoms with van der Waals surface area (Å²) in [5.41, 5.74) is 0.965. The predicted octanol–water partition coefficient (Wildman–Crippen LogP) is 4.13. The number of hydrogen-bond donors (Lipinski definition) is 1. The first-order valence-electron chi connectivity index (χ1n) is 9.46. The summed E-state index contributed by atoms with van der Waals surface area (Å²) in [5.74, 6) is 0.649. The summed E-state index contributed by atoms with van der Waals surface area (Å²) in [6.45, 7) is -0.0110. The average Bonchev–Trinajstić information content (AvgIpc) is 3.19. The van der Waals surface area contributed by atoms with Gasteiger partial charge in [0.25, 0.3) is 20.0 Å². The molecule has 1 heterocycles. The first-order chi connectivity index (χ1) is 15.2. The number of rotatable bonds is 7. The zero-order valence-corrected chi connectivity index (χ0v) is 20.1. The fraction of sp³-hybridized carbons (Fsp3) is 0.0909. The van der Waals surface area contributed by atoms with Gasteiger partial charge in [0.2, 0.25) is 0 Å². The van der Waals surface area contributed by atoms with Gasteiger partial charge in [-0.1, -0.05) is 46.3 Å². The molecule has 7 nitrogen and oxygen atoms in total. The van der Waals surface area contributed by atoms with Gasteiger partial charge in [0.05, 0.1) is 17.5 Å². The second kappa shape index (κ2) is 8.70. The van der Waals surface area contributed by atoms with Gasteiger partial charge in [0.1, 0.15) is 5.75 Å². The van der Waals surface area contributed by atoms with Crippen LogP contribution in [-0.2, 0) is 26.6 Å². The maximum Gasteiger partial charge on any atom is 0.269 e. The summed E-state index contributed by atoms with van der Waals surface area (Å²) in [5, 5.41) is 0.117. The SMILES string of the molecule is COc1ccc(CNS(=O)(=O)c2cc3cc(Br)ccc3n2S(=O)(=O)c2ccccc2)cc1. The minimum absolute atomic E-state index is 0.00739. The van der Waals surface area contributed by atoms with Gasteiger partial charge in [0, 0.05) is 16.4 Å². The van der Waals surface area contributed by atoms with E-state index in [1.165, 1.54) is 18.2 Å². The Morgan fingerprint density at radius 1 is 0.906 bits per heavy atom.